The van der Waals surface area contributed by atoms with Gasteiger partial charge in [0.25, 0.3) is 0 Å². The molecule has 0 saturated heterocycles. The predicted octanol–water partition coefficient (Wildman–Crippen LogP) is 5.04. The monoisotopic (exact) mass is 297 g/mol. The summed E-state index contributed by atoms with van der Waals surface area (Å²) < 4.78 is 13.8. The molecule has 1 nitrogen and oxygen atoms in total. The topological polar surface area (TPSA) is 3.24 Å². The molecule has 19 heavy (non-hydrogen) atoms. The normalized spacial score (nSPS) is 11.0. The molecule has 0 saturated carbocycles. The molecule has 0 bridgehead atoms. The van der Waals surface area contributed by atoms with E-state index in [4.69, 9.17) is 11.6 Å². The Hall–Kier alpha value is -1.06. The number of alkyl halides is 1. The third-order valence-electron chi connectivity index (χ3n) is 3.07. The molecule has 1 heterocycles. The van der Waals surface area contributed by atoms with Gasteiger partial charge in [0.1, 0.15) is 5.82 Å². The second-order valence-electron chi connectivity index (χ2n) is 4.67. The second-order valence-corrected chi connectivity index (χ2v) is 5.97. The average molecular weight is 298 g/mol. The van der Waals surface area contributed by atoms with Crippen LogP contribution in [0.3, 0.4) is 0 Å². The third kappa shape index (κ3) is 3.28. The molecule has 0 aliphatic carbocycles. The maximum atomic E-state index is 13.8. The summed E-state index contributed by atoms with van der Waals surface area (Å²) in [6.07, 6.45) is 0. The molecule has 0 N–H and O–H groups in total. The largest absolute Gasteiger partial charge is 0.364 e. The molecule has 0 fully saturated rings. The highest BCUT2D eigenvalue weighted by molar-refractivity contribution is 7.09. The van der Waals surface area contributed by atoms with Gasteiger partial charge in [-0.25, -0.2) is 4.39 Å². The summed E-state index contributed by atoms with van der Waals surface area (Å²) in [6.45, 7) is 5.00. The number of hydrogen-bond acceptors (Lipinski definition) is 2. The SMILES string of the molecule is CC(C)N(Cc1cccs1)c1cccc(F)c1CCl. The van der Waals surface area contributed by atoms with E-state index in [0.29, 0.717) is 5.56 Å². The van der Waals surface area contributed by atoms with Crippen LogP contribution in [0.4, 0.5) is 10.1 Å². The molecule has 0 spiro atoms. The van der Waals surface area contributed by atoms with E-state index in [1.165, 1.54) is 10.9 Å². The number of halogens is 2. The predicted molar refractivity (Wildman–Crippen MR) is 81.6 cm³/mol. The Kier molecular flexibility index (Phi) is 4.83. The molecule has 0 radical (unpaired) electrons. The molecule has 0 amide bonds. The lowest BCUT2D eigenvalue weighted by atomic mass is 10.1. The van der Waals surface area contributed by atoms with Gasteiger partial charge in [-0.05, 0) is 37.4 Å². The Bertz CT molecular complexity index is 525. The third-order valence-corrected chi connectivity index (χ3v) is 4.20. The summed E-state index contributed by atoms with van der Waals surface area (Å²) in [5.41, 5.74) is 1.47. The van der Waals surface area contributed by atoms with Crippen LogP contribution in [0.1, 0.15) is 24.3 Å². The highest BCUT2D eigenvalue weighted by atomic mass is 35.5. The van der Waals surface area contributed by atoms with E-state index in [-0.39, 0.29) is 17.7 Å². The fraction of sp³-hybridized carbons (Fsp3) is 0.333. The van der Waals surface area contributed by atoms with Gasteiger partial charge in [0, 0.05) is 22.2 Å². The first-order valence-electron chi connectivity index (χ1n) is 6.26. The van der Waals surface area contributed by atoms with Crippen LogP contribution in [0, 0.1) is 5.82 Å². The molecule has 0 aliphatic heterocycles. The van der Waals surface area contributed by atoms with Crippen LogP contribution in [0.25, 0.3) is 0 Å². The Morgan fingerprint density at radius 2 is 2.05 bits per heavy atom. The fourth-order valence-corrected chi connectivity index (χ4v) is 3.03. The van der Waals surface area contributed by atoms with E-state index in [1.807, 2.05) is 12.1 Å². The number of rotatable bonds is 5. The van der Waals surface area contributed by atoms with Gasteiger partial charge in [-0.3, -0.25) is 0 Å². The van der Waals surface area contributed by atoms with E-state index in [9.17, 15) is 4.39 Å². The van der Waals surface area contributed by atoms with Crippen molar-refractivity contribution in [2.45, 2.75) is 32.3 Å². The molecule has 1 aromatic carbocycles. The molecule has 102 valence electrons. The number of hydrogen-bond donors (Lipinski definition) is 0. The van der Waals surface area contributed by atoms with Crippen LogP contribution < -0.4 is 4.90 Å². The first kappa shape index (κ1) is 14.4. The average Bonchev–Trinajstić information content (AvgIpc) is 2.88. The quantitative estimate of drug-likeness (QED) is 0.699. The van der Waals surface area contributed by atoms with Crippen LogP contribution in [0.5, 0.6) is 0 Å². The van der Waals surface area contributed by atoms with Crippen LogP contribution in [0.2, 0.25) is 0 Å². The van der Waals surface area contributed by atoms with Gasteiger partial charge in [-0.1, -0.05) is 12.1 Å². The molecule has 2 aromatic rings. The molecule has 2 rings (SSSR count). The van der Waals surface area contributed by atoms with E-state index in [0.717, 1.165) is 12.2 Å². The molecule has 0 unspecified atom stereocenters. The van der Waals surface area contributed by atoms with Crippen molar-refractivity contribution in [1.29, 1.82) is 0 Å². The Morgan fingerprint density at radius 3 is 2.63 bits per heavy atom. The minimum absolute atomic E-state index is 0.190. The van der Waals surface area contributed by atoms with Crippen molar-refractivity contribution in [2.75, 3.05) is 4.90 Å². The number of anilines is 1. The molecular formula is C15H17ClFNS. The van der Waals surface area contributed by atoms with Gasteiger partial charge in [-0.2, -0.15) is 0 Å². The minimum atomic E-state index is -0.232. The number of benzene rings is 1. The minimum Gasteiger partial charge on any atom is -0.364 e. The molecule has 0 atom stereocenters. The van der Waals surface area contributed by atoms with E-state index >= 15 is 0 Å². The van der Waals surface area contributed by atoms with Gasteiger partial charge < -0.3 is 4.90 Å². The Morgan fingerprint density at radius 1 is 1.26 bits per heavy atom. The van der Waals surface area contributed by atoms with Crippen LogP contribution in [-0.4, -0.2) is 6.04 Å². The van der Waals surface area contributed by atoms with Crippen molar-refractivity contribution < 1.29 is 4.39 Å². The molecule has 4 heteroatoms. The van der Waals surface area contributed by atoms with E-state index in [1.54, 1.807) is 17.4 Å². The van der Waals surface area contributed by atoms with Gasteiger partial charge in [-0.15, -0.1) is 22.9 Å². The highest BCUT2D eigenvalue weighted by Crippen LogP contribution is 2.28. The smallest absolute Gasteiger partial charge is 0.129 e. The van der Waals surface area contributed by atoms with Crippen LogP contribution in [0.15, 0.2) is 35.7 Å². The maximum Gasteiger partial charge on any atom is 0.129 e. The van der Waals surface area contributed by atoms with Crippen molar-refractivity contribution in [3.8, 4) is 0 Å². The number of thiophene rings is 1. The summed E-state index contributed by atoms with van der Waals surface area (Å²) in [6, 6.07) is 9.56. The van der Waals surface area contributed by atoms with Crippen LogP contribution >= 0.6 is 22.9 Å². The zero-order chi connectivity index (χ0) is 13.8. The van der Waals surface area contributed by atoms with Gasteiger partial charge in [0.2, 0.25) is 0 Å². The van der Waals surface area contributed by atoms with Gasteiger partial charge >= 0.3 is 0 Å². The molecule has 1 aromatic heterocycles. The Labute approximate surface area is 122 Å². The van der Waals surface area contributed by atoms with Crippen molar-refractivity contribution in [3.63, 3.8) is 0 Å². The summed E-state index contributed by atoms with van der Waals surface area (Å²) in [7, 11) is 0. The summed E-state index contributed by atoms with van der Waals surface area (Å²) in [5, 5.41) is 2.06. The zero-order valence-corrected chi connectivity index (χ0v) is 12.6. The van der Waals surface area contributed by atoms with E-state index < -0.39 is 0 Å². The highest BCUT2D eigenvalue weighted by Gasteiger charge is 2.17. The standard InChI is InChI=1S/C15H17ClFNS/c1-11(2)18(10-12-5-4-8-19-12)15-7-3-6-14(17)13(15)9-16/h3-8,11H,9-10H2,1-2H3. The molecular weight excluding hydrogens is 281 g/mol. The van der Waals surface area contributed by atoms with Crippen molar-refractivity contribution in [2.24, 2.45) is 0 Å². The molecule has 0 aliphatic rings. The van der Waals surface area contributed by atoms with Gasteiger partial charge in [0.15, 0.2) is 0 Å². The Balaban J connectivity index is 2.36. The van der Waals surface area contributed by atoms with E-state index in [2.05, 4.69) is 30.2 Å². The lowest BCUT2D eigenvalue weighted by Gasteiger charge is -2.30. The van der Waals surface area contributed by atoms with Crippen molar-refractivity contribution in [1.82, 2.24) is 0 Å². The summed E-state index contributed by atoms with van der Waals surface area (Å²) in [5.74, 6) is -0.0420. The fourth-order valence-electron chi connectivity index (χ4n) is 2.06. The van der Waals surface area contributed by atoms with Gasteiger partial charge in [0.05, 0.1) is 12.4 Å². The lowest BCUT2D eigenvalue weighted by Crippen LogP contribution is -2.30. The van der Waals surface area contributed by atoms with Crippen LogP contribution in [-0.2, 0) is 12.4 Å². The van der Waals surface area contributed by atoms with Crippen molar-refractivity contribution in [3.05, 3.63) is 52.0 Å². The second kappa shape index (κ2) is 6.40. The summed E-state index contributed by atoms with van der Waals surface area (Å²) in [4.78, 5) is 3.45. The summed E-state index contributed by atoms with van der Waals surface area (Å²) >= 11 is 7.62. The van der Waals surface area contributed by atoms with Crippen molar-refractivity contribution >= 4 is 28.6 Å². The zero-order valence-electron chi connectivity index (χ0n) is 11.1. The lowest BCUT2D eigenvalue weighted by molar-refractivity contribution is 0.610. The first-order chi connectivity index (χ1) is 9.13. The number of nitrogens with zero attached hydrogens (tertiary/aromatic N) is 1. The maximum absolute atomic E-state index is 13.8. The first-order valence-corrected chi connectivity index (χ1v) is 7.67.